The van der Waals surface area contributed by atoms with E-state index in [4.69, 9.17) is 4.84 Å². The van der Waals surface area contributed by atoms with E-state index in [1.54, 1.807) is 0 Å². The second-order valence-corrected chi connectivity index (χ2v) is 4.96. The fourth-order valence-electron chi connectivity index (χ4n) is 1.68. The van der Waals surface area contributed by atoms with Gasteiger partial charge < -0.3 is 4.90 Å². The van der Waals surface area contributed by atoms with Crippen LogP contribution in [0.5, 0.6) is 0 Å². The fraction of sp³-hybridized carbons (Fsp3) is 0.818. The van der Waals surface area contributed by atoms with Crippen molar-refractivity contribution in [3.8, 4) is 0 Å². The van der Waals surface area contributed by atoms with Gasteiger partial charge >= 0.3 is 6.18 Å². The molecule has 1 fully saturated rings. The minimum absolute atomic E-state index is 0.215. The Morgan fingerprint density at radius 3 is 2.68 bits per heavy atom. The quantitative estimate of drug-likeness (QED) is 0.768. The topological polar surface area (TPSA) is 58.6 Å². The summed E-state index contributed by atoms with van der Waals surface area (Å²) in [5, 5.41) is 0. The Hall–Kier alpha value is -1.31. The molecule has 0 aromatic rings. The first-order valence-corrected chi connectivity index (χ1v) is 5.95. The van der Waals surface area contributed by atoms with Crippen molar-refractivity contribution in [2.45, 2.75) is 26.4 Å². The number of rotatable bonds is 5. The number of alkyl halides is 3. The van der Waals surface area contributed by atoms with Gasteiger partial charge in [0, 0.05) is 13.0 Å². The van der Waals surface area contributed by atoms with Crippen LogP contribution in [0.25, 0.3) is 0 Å². The average Bonchev–Trinajstić information content (AvgIpc) is 2.57. The number of hydroxylamine groups is 1. The van der Waals surface area contributed by atoms with Crippen LogP contribution in [0.3, 0.4) is 0 Å². The summed E-state index contributed by atoms with van der Waals surface area (Å²) in [6, 6.07) is 0. The summed E-state index contributed by atoms with van der Waals surface area (Å²) in [5.74, 6) is -1.80. The van der Waals surface area contributed by atoms with E-state index in [9.17, 15) is 22.8 Å². The highest BCUT2D eigenvalue weighted by atomic mass is 19.4. The van der Waals surface area contributed by atoms with Crippen molar-refractivity contribution in [3.05, 3.63) is 0 Å². The molecule has 0 saturated carbocycles. The summed E-state index contributed by atoms with van der Waals surface area (Å²) in [5.41, 5.74) is 2.16. The second-order valence-electron chi connectivity index (χ2n) is 4.96. The molecule has 0 aliphatic carbocycles. The van der Waals surface area contributed by atoms with Gasteiger partial charge in [-0.15, -0.1) is 0 Å². The minimum atomic E-state index is -4.45. The summed E-state index contributed by atoms with van der Waals surface area (Å²) < 4.78 is 36.5. The van der Waals surface area contributed by atoms with Crippen molar-refractivity contribution in [3.63, 3.8) is 0 Å². The Morgan fingerprint density at radius 1 is 1.53 bits per heavy atom. The summed E-state index contributed by atoms with van der Waals surface area (Å²) >= 11 is 0. The molecule has 1 saturated heterocycles. The molecule has 1 atom stereocenters. The number of nitrogens with zero attached hydrogens (tertiary/aromatic N) is 1. The molecule has 8 heteroatoms. The van der Waals surface area contributed by atoms with Crippen LogP contribution in [0.15, 0.2) is 0 Å². The van der Waals surface area contributed by atoms with Gasteiger partial charge in [-0.3, -0.25) is 14.4 Å². The maximum Gasteiger partial charge on any atom is 0.406 e. The van der Waals surface area contributed by atoms with Gasteiger partial charge in [0.2, 0.25) is 11.8 Å². The predicted molar refractivity (Wildman–Crippen MR) is 59.7 cm³/mol. The van der Waals surface area contributed by atoms with Crippen molar-refractivity contribution in [1.29, 1.82) is 0 Å². The van der Waals surface area contributed by atoms with Gasteiger partial charge in [-0.25, -0.2) is 5.48 Å². The summed E-state index contributed by atoms with van der Waals surface area (Å²) in [4.78, 5) is 28.5. The molecule has 1 aliphatic rings. The lowest BCUT2D eigenvalue weighted by Gasteiger charge is -2.18. The van der Waals surface area contributed by atoms with Crippen molar-refractivity contribution in [1.82, 2.24) is 10.4 Å². The molecule has 5 nitrogen and oxygen atoms in total. The van der Waals surface area contributed by atoms with Gasteiger partial charge in [0.15, 0.2) is 0 Å². The third-order valence-electron chi connectivity index (χ3n) is 2.54. The Balaban J connectivity index is 2.41. The van der Waals surface area contributed by atoms with Gasteiger partial charge in [-0.1, -0.05) is 13.8 Å². The lowest BCUT2D eigenvalue weighted by molar-refractivity contribution is -0.157. The standard InChI is InChI=1S/C11H17F3N2O3/c1-7(2)5-19-15-10(18)8-3-9(17)16(4-8)6-11(12,13)14/h7-8H,3-6H2,1-2H3,(H,15,18). The lowest BCUT2D eigenvalue weighted by atomic mass is 10.1. The van der Waals surface area contributed by atoms with E-state index in [2.05, 4.69) is 5.48 Å². The summed E-state index contributed by atoms with van der Waals surface area (Å²) in [7, 11) is 0. The highest BCUT2D eigenvalue weighted by Crippen LogP contribution is 2.23. The molecule has 1 N–H and O–H groups in total. The first-order valence-electron chi connectivity index (χ1n) is 5.95. The number of hydrogen-bond donors (Lipinski definition) is 1. The highest BCUT2D eigenvalue weighted by Gasteiger charge is 2.40. The van der Waals surface area contributed by atoms with Crippen LogP contribution in [-0.4, -0.2) is 42.6 Å². The summed E-state index contributed by atoms with van der Waals surface area (Å²) in [6.45, 7) is 2.53. The van der Waals surface area contributed by atoms with E-state index >= 15 is 0 Å². The number of carbonyl (C=O) groups excluding carboxylic acids is 2. The molecule has 0 spiro atoms. The van der Waals surface area contributed by atoms with E-state index in [1.807, 2.05) is 13.8 Å². The largest absolute Gasteiger partial charge is 0.406 e. The molecule has 0 aromatic heterocycles. The number of likely N-dealkylation sites (tertiary alicyclic amines) is 1. The molecule has 1 aliphatic heterocycles. The van der Waals surface area contributed by atoms with Gasteiger partial charge in [-0.2, -0.15) is 13.2 Å². The van der Waals surface area contributed by atoms with Crippen LogP contribution in [-0.2, 0) is 14.4 Å². The van der Waals surface area contributed by atoms with Gasteiger partial charge in [-0.05, 0) is 5.92 Å². The molecule has 0 aromatic carbocycles. The van der Waals surface area contributed by atoms with E-state index in [1.165, 1.54) is 0 Å². The summed E-state index contributed by atoms with van der Waals surface area (Å²) in [6.07, 6.45) is -4.66. The van der Waals surface area contributed by atoms with Gasteiger partial charge in [0.1, 0.15) is 6.54 Å². The Labute approximate surface area is 109 Å². The molecule has 19 heavy (non-hydrogen) atoms. The third-order valence-corrected chi connectivity index (χ3v) is 2.54. The zero-order valence-electron chi connectivity index (χ0n) is 10.8. The van der Waals surface area contributed by atoms with Crippen LogP contribution < -0.4 is 5.48 Å². The van der Waals surface area contributed by atoms with Crippen LogP contribution in [0.4, 0.5) is 13.2 Å². The molecular weight excluding hydrogens is 265 g/mol. The van der Waals surface area contributed by atoms with E-state index < -0.39 is 30.5 Å². The Morgan fingerprint density at radius 2 is 2.16 bits per heavy atom. The number of carbonyl (C=O) groups is 2. The zero-order valence-corrected chi connectivity index (χ0v) is 10.8. The zero-order chi connectivity index (χ0) is 14.6. The average molecular weight is 282 g/mol. The van der Waals surface area contributed by atoms with E-state index in [0.29, 0.717) is 11.5 Å². The van der Waals surface area contributed by atoms with Crippen LogP contribution >= 0.6 is 0 Å². The lowest BCUT2D eigenvalue weighted by Crippen LogP contribution is -2.37. The SMILES string of the molecule is CC(C)CONC(=O)C1CC(=O)N(CC(F)(F)F)C1. The number of halogens is 3. The maximum atomic E-state index is 12.2. The van der Waals surface area contributed by atoms with Gasteiger partial charge in [0.05, 0.1) is 12.5 Å². The van der Waals surface area contributed by atoms with Crippen molar-refractivity contribution < 1.29 is 27.6 Å². The number of amides is 2. The van der Waals surface area contributed by atoms with E-state index in [-0.39, 0.29) is 18.9 Å². The first kappa shape index (κ1) is 15.7. The molecule has 1 rings (SSSR count). The highest BCUT2D eigenvalue weighted by molar-refractivity contribution is 5.88. The monoisotopic (exact) mass is 282 g/mol. The van der Waals surface area contributed by atoms with Crippen LogP contribution in [0.1, 0.15) is 20.3 Å². The van der Waals surface area contributed by atoms with Crippen LogP contribution in [0.2, 0.25) is 0 Å². The molecule has 110 valence electrons. The van der Waals surface area contributed by atoms with Crippen molar-refractivity contribution in [2.75, 3.05) is 19.7 Å². The fourth-order valence-corrected chi connectivity index (χ4v) is 1.68. The third kappa shape index (κ3) is 5.46. The maximum absolute atomic E-state index is 12.2. The van der Waals surface area contributed by atoms with Crippen molar-refractivity contribution >= 4 is 11.8 Å². The minimum Gasteiger partial charge on any atom is -0.333 e. The predicted octanol–water partition coefficient (Wildman–Crippen LogP) is 1.10. The Bertz CT molecular complexity index is 345. The normalized spacial score (nSPS) is 20.2. The second kappa shape index (κ2) is 6.23. The molecule has 1 heterocycles. The smallest absolute Gasteiger partial charge is 0.333 e. The van der Waals surface area contributed by atoms with Crippen molar-refractivity contribution in [2.24, 2.45) is 11.8 Å². The van der Waals surface area contributed by atoms with Crippen LogP contribution in [0, 0.1) is 11.8 Å². The van der Waals surface area contributed by atoms with E-state index in [0.717, 1.165) is 0 Å². The molecule has 1 unspecified atom stereocenters. The Kier molecular flexibility index (Phi) is 5.16. The molecule has 0 bridgehead atoms. The molecule has 2 amide bonds. The first-order chi connectivity index (χ1) is 8.69. The molecule has 0 radical (unpaired) electrons. The number of nitrogens with one attached hydrogen (secondary N) is 1. The number of hydrogen-bond acceptors (Lipinski definition) is 3. The van der Waals surface area contributed by atoms with Gasteiger partial charge in [0.25, 0.3) is 0 Å². The molecular formula is C11H17F3N2O3.